The van der Waals surface area contributed by atoms with E-state index in [1.807, 2.05) is 6.92 Å². The maximum absolute atomic E-state index is 13.5. The molecule has 0 bridgehead atoms. The number of amides is 1. The molecule has 0 aliphatic rings. The lowest BCUT2D eigenvalue weighted by Crippen LogP contribution is -2.41. The lowest BCUT2D eigenvalue weighted by atomic mass is 10.1. The maximum atomic E-state index is 13.5. The predicted octanol–water partition coefficient (Wildman–Crippen LogP) is 2.02. The van der Waals surface area contributed by atoms with Crippen LogP contribution in [0.25, 0.3) is 11.3 Å². The van der Waals surface area contributed by atoms with Crippen molar-refractivity contribution in [3.8, 4) is 11.3 Å². The molecular weight excluding hydrogens is 384 g/mol. The summed E-state index contributed by atoms with van der Waals surface area (Å²) in [5, 5.41) is 14.4. The van der Waals surface area contributed by atoms with Gasteiger partial charge >= 0.3 is 0 Å². The van der Waals surface area contributed by atoms with Crippen LogP contribution in [0.1, 0.15) is 24.7 Å². The standard InChI is InChI=1S/C19H19F2N5O3/c1-3-13(22-18(27)9-17-11(2)24-29-25-17)10-26-19(28)7-6-16(23-26)12-4-5-14(20)15(21)8-12/h4-8,13H,3,9-10H2,1-2H3,(H,22,27)/t13-/m0/s1. The van der Waals surface area contributed by atoms with E-state index in [4.69, 9.17) is 0 Å². The molecule has 0 fully saturated rings. The first-order chi connectivity index (χ1) is 13.9. The second-order valence-electron chi connectivity index (χ2n) is 6.51. The molecule has 1 aromatic carbocycles. The van der Waals surface area contributed by atoms with Crippen LogP contribution in [0.2, 0.25) is 0 Å². The van der Waals surface area contributed by atoms with Gasteiger partial charge in [-0.25, -0.2) is 18.1 Å². The van der Waals surface area contributed by atoms with Crippen molar-refractivity contribution in [2.75, 3.05) is 0 Å². The van der Waals surface area contributed by atoms with Gasteiger partial charge in [-0.2, -0.15) is 5.10 Å². The monoisotopic (exact) mass is 403 g/mol. The third-order valence-corrected chi connectivity index (χ3v) is 4.41. The Morgan fingerprint density at radius 1 is 1.21 bits per heavy atom. The zero-order valence-corrected chi connectivity index (χ0v) is 15.9. The summed E-state index contributed by atoms with van der Waals surface area (Å²) in [4.78, 5) is 24.4. The fourth-order valence-electron chi connectivity index (χ4n) is 2.72. The van der Waals surface area contributed by atoms with E-state index < -0.39 is 11.6 Å². The molecule has 152 valence electrons. The molecule has 0 spiro atoms. The van der Waals surface area contributed by atoms with Gasteiger partial charge < -0.3 is 5.32 Å². The summed E-state index contributed by atoms with van der Waals surface area (Å²) in [7, 11) is 0. The van der Waals surface area contributed by atoms with Crippen molar-refractivity contribution in [3.63, 3.8) is 0 Å². The van der Waals surface area contributed by atoms with Gasteiger partial charge in [-0.15, -0.1) is 0 Å². The fraction of sp³-hybridized carbons (Fsp3) is 0.316. The van der Waals surface area contributed by atoms with E-state index in [1.54, 1.807) is 6.92 Å². The van der Waals surface area contributed by atoms with Crippen LogP contribution in [0.15, 0.2) is 39.8 Å². The predicted molar refractivity (Wildman–Crippen MR) is 98.8 cm³/mol. The highest BCUT2D eigenvalue weighted by Gasteiger charge is 2.16. The van der Waals surface area contributed by atoms with Crippen molar-refractivity contribution < 1.29 is 18.2 Å². The van der Waals surface area contributed by atoms with E-state index in [0.717, 1.165) is 12.1 Å². The lowest BCUT2D eigenvalue weighted by molar-refractivity contribution is -0.121. The Morgan fingerprint density at radius 3 is 2.66 bits per heavy atom. The Morgan fingerprint density at radius 2 is 2.00 bits per heavy atom. The molecule has 10 heteroatoms. The van der Waals surface area contributed by atoms with E-state index in [1.165, 1.54) is 22.9 Å². The summed E-state index contributed by atoms with van der Waals surface area (Å²) < 4.78 is 32.4. The van der Waals surface area contributed by atoms with Crippen molar-refractivity contribution in [1.82, 2.24) is 25.4 Å². The first kappa shape index (κ1) is 20.3. The molecule has 2 aromatic heterocycles. The van der Waals surface area contributed by atoms with Crippen molar-refractivity contribution in [3.05, 3.63) is 63.7 Å². The number of carbonyl (C=O) groups is 1. The second kappa shape index (κ2) is 8.72. The second-order valence-corrected chi connectivity index (χ2v) is 6.51. The molecule has 3 aromatic rings. The van der Waals surface area contributed by atoms with Gasteiger partial charge in [-0.05, 0) is 37.6 Å². The Labute approximate surface area is 164 Å². The average molecular weight is 403 g/mol. The summed E-state index contributed by atoms with van der Waals surface area (Å²) in [6.45, 7) is 3.66. The topological polar surface area (TPSA) is 103 Å². The molecule has 1 amide bonds. The molecule has 8 nitrogen and oxygen atoms in total. The van der Waals surface area contributed by atoms with E-state index in [-0.39, 0.29) is 30.5 Å². The summed E-state index contributed by atoms with van der Waals surface area (Å²) in [5.74, 6) is -2.26. The van der Waals surface area contributed by atoms with Crippen molar-refractivity contribution in [1.29, 1.82) is 0 Å². The summed E-state index contributed by atoms with van der Waals surface area (Å²) in [6.07, 6.45) is 0.550. The van der Waals surface area contributed by atoms with Crippen LogP contribution < -0.4 is 10.9 Å². The number of benzene rings is 1. The van der Waals surface area contributed by atoms with Crippen molar-refractivity contribution >= 4 is 5.91 Å². The van der Waals surface area contributed by atoms with Gasteiger partial charge in [-0.3, -0.25) is 9.59 Å². The van der Waals surface area contributed by atoms with E-state index in [9.17, 15) is 18.4 Å². The van der Waals surface area contributed by atoms with Crippen LogP contribution in [-0.2, 0) is 17.8 Å². The van der Waals surface area contributed by atoms with Gasteiger partial charge in [0, 0.05) is 17.7 Å². The largest absolute Gasteiger partial charge is 0.351 e. The molecule has 29 heavy (non-hydrogen) atoms. The molecule has 0 aliphatic heterocycles. The van der Waals surface area contributed by atoms with Crippen molar-refractivity contribution in [2.45, 2.75) is 39.3 Å². The Bertz CT molecular complexity index is 1080. The minimum atomic E-state index is -1.00. The van der Waals surface area contributed by atoms with Gasteiger partial charge in [0.2, 0.25) is 5.91 Å². The van der Waals surface area contributed by atoms with E-state index in [0.29, 0.717) is 29.1 Å². The first-order valence-corrected chi connectivity index (χ1v) is 8.98. The van der Waals surface area contributed by atoms with Crippen LogP contribution in [0.3, 0.4) is 0 Å². The highest BCUT2D eigenvalue weighted by Crippen LogP contribution is 2.18. The molecule has 2 heterocycles. The number of nitrogens with one attached hydrogen (secondary N) is 1. The van der Waals surface area contributed by atoms with Gasteiger partial charge in [0.1, 0.15) is 11.4 Å². The molecule has 1 atom stereocenters. The lowest BCUT2D eigenvalue weighted by Gasteiger charge is -2.18. The SMILES string of the molecule is CC[C@@H](Cn1nc(-c2ccc(F)c(F)c2)ccc1=O)NC(=O)Cc1nonc1C. The minimum absolute atomic E-state index is 0.00303. The summed E-state index contributed by atoms with van der Waals surface area (Å²) in [5.41, 5.74) is 1.25. The third-order valence-electron chi connectivity index (χ3n) is 4.41. The Hall–Kier alpha value is -3.43. The van der Waals surface area contributed by atoms with Crippen LogP contribution in [0.5, 0.6) is 0 Å². The van der Waals surface area contributed by atoms with E-state index in [2.05, 4.69) is 25.4 Å². The molecule has 0 unspecified atom stereocenters. The van der Waals surface area contributed by atoms with Gasteiger partial charge in [0.15, 0.2) is 11.6 Å². The molecule has 3 rings (SSSR count). The zero-order valence-electron chi connectivity index (χ0n) is 15.9. The number of carbonyl (C=O) groups excluding carboxylic acids is 1. The number of aromatic nitrogens is 4. The number of hydrogen-bond acceptors (Lipinski definition) is 6. The highest BCUT2D eigenvalue weighted by atomic mass is 19.2. The molecule has 0 aliphatic carbocycles. The fourth-order valence-corrected chi connectivity index (χ4v) is 2.72. The van der Waals surface area contributed by atoms with Gasteiger partial charge in [0.05, 0.1) is 18.7 Å². The Kier molecular flexibility index (Phi) is 6.10. The van der Waals surface area contributed by atoms with Crippen LogP contribution >= 0.6 is 0 Å². The molecule has 0 saturated heterocycles. The number of halogens is 2. The smallest absolute Gasteiger partial charge is 0.266 e. The zero-order chi connectivity index (χ0) is 21.0. The van der Waals surface area contributed by atoms with Crippen molar-refractivity contribution in [2.24, 2.45) is 0 Å². The minimum Gasteiger partial charge on any atom is -0.351 e. The van der Waals surface area contributed by atoms with Crippen LogP contribution in [0.4, 0.5) is 8.78 Å². The normalized spacial score (nSPS) is 12.0. The van der Waals surface area contributed by atoms with Gasteiger partial charge in [-0.1, -0.05) is 17.2 Å². The average Bonchev–Trinajstić information content (AvgIpc) is 3.09. The number of rotatable bonds is 7. The molecular formula is C19H19F2N5O3. The van der Waals surface area contributed by atoms with Gasteiger partial charge in [0.25, 0.3) is 5.56 Å². The number of hydrogen-bond donors (Lipinski definition) is 1. The Balaban J connectivity index is 1.75. The highest BCUT2D eigenvalue weighted by molar-refractivity contribution is 5.78. The maximum Gasteiger partial charge on any atom is 0.266 e. The van der Waals surface area contributed by atoms with Crippen LogP contribution in [0, 0.1) is 18.6 Å². The summed E-state index contributed by atoms with van der Waals surface area (Å²) in [6, 6.07) is 5.75. The van der Waals surface area contributed by atoms with Crippen LogP contribution in [-0.4, -0.2) is 32.0 Å². The third kappa shape index (κ3) is 4.89. The molecule has 0 saturated carbocycles. The van der Waals surface area contributed by atoms with E-state index >= 15 is 0 Å². The number of nitrogens with zero attached hydrogens (tertiary/aromatic N) is 4. The quantitative estimate of drug-likeness (QED) is 0.647. The molecule has 0 radical (unpaired) electrons. The summed E-state index contributed by atoms with van der Waals surface area (Å²) >= 11 is 0. The first-order valence-electron chi connectivity index (χ1n) is 8.98. The number of aryl methyl sites for hydroxylation is 1. The molecule has 1 N–H and O–H groups in total.